The van der Waals surface area contributed by atoms with Gasteiger partial charge in [-0.2, -0.15) is 0 Å². The van der Waals surface area contributed by atoms with Crippen LogP contribution in [0.15, 0.2) is 24.3 Å². The van der Waals surface area contributed by atoms with Gasteiger partial charge in [0.05, 0.1) is 10.3 Å². The van der Waals surface area contributed by atoms with E-state index in [-0.39, 0.29) is 27.9 Å². The van der Waals surface area contributed by atoms with Gasteiger partial charge in [0.15, 0.2) is 0 Å². The standard InChI is InChI=1S/C14H16N2O3/c17-13-14(6-1-2-7-14)12(9-15-13)10-4-3-5-11(8-10)16(18)19/h3-5,8,12H,1-2,6-7,9H2,(H,15,17). The monoisotopic (exact) mass is 260 g/mol. The third kappa shape index (κ3) is 1.80. The van der Waals surface area contributed by atoms with Crippen molar-refractivity contribution in [2.75, 3.05) is 6.54 Å². The van der Waals surface area contributed by atoms with Crippen molar-refractivity contribution in [3.8, 4) is 0 Å². The van der Waals surface area contributed by atoms with Crippen molar-refractivity contribution in [3.05, 3.63) is 39.9 Å². The summed E-state index contributed by atoms with van der Waals surface area (Å²) in [6, 6.07) is 6.72. The molecule has 1 saturated carbocycles. The fourth-order valence-electron chi connectivity index (χ4n) is 3.60. The number of non-ortho nitro benzene ring substituents is 1. The minimum atomic E-state index is -0.380. The van der Waals surface area contributed by atoms with Crippen LogP contribution < -0.4 is 5.32 Å². The smallest absolute Gasteiger partial charge is 0.269 e. The number of nitrogens with zero attached hydrogens (tertiary/aromatic N) is 1. The number of amides is 1. The Bertz CT molecular complexity index is 535. The molecule has 1 saturated heterocycles. The molecule has 1 aromatic carbocycles. The average Bonchev–Trinajstić information content (AvgIpc) is 3.00. The summed E-state index contributed by atoms with van der Waals surface area (Å²) in [6.07, 6.45) is 3.93. The van der Waals surface area contributed by atoms with E-state index in [1.807, 2.05) is 6.07 Å². The van der Waals surface area contributed by atoms with Gasteiger partial charge in [0.25, 0.3) is 5.69 Å². The van der Waals surface area contributed by atoms with E-state index in [2.05, 4.69) is 5.32 Å². The maximum absolute atomic E-state index is 12.2. The van der Waals surface area contributed by atoms with E-state index in [1.165, 1.54) is 6.07 Å². The van der Waals surface area contributed by atoms with Crippen molar-refractivity contribution in [1.29, 1.82) is 0 Å². The summed E-state index contributed by atoms with van der Waals surface area (Å²) in [5.74, 6) is 0.198. The van der Waals surface area contributed by atoms with E-state index in [0.717, 1.165) is 31.2 Å². The summed E-state index contributed by atoms with van der Waals surface area (Å²) in [7, 11) is 0. The highest BCUT2D eigenvalue weighted by molar-refractivity contribution is 5.86. The van der Waals surface area contributed by atoms with Crippen molar-refractivity contribution >= 4 is 11.6 Å². The third-order valence-corrected chi connectivity index (χ3v) is 4.57. The lowest BCUT2D eigenvalue weighted by atomic mass is 9.72. The Labute approximate surface area is 111 Å². The first-order valence-electron chi connectivity index (χ1n) is 6.66. The second kappa shape index (κ2) is 4.33. The normalized spacial score (nSPS) is 24.6. The van der Waals surface area contributed by atoms with Gasteiger partial charge in [0.1, 0.15) is 0 Å². The van der Waals surface area contributed by atoms with Crippen LogP contribution in [0, 0.1) is 15.5 Å². The van der Waals surface area contributed by atoms with Gasteiger partial charge in [-0.05, 0) is 18.4 Å². The molecular formula is C14H16N2O3. The first-order valence-corrected chi connectivity index (χ1v) is 6.66. The Morgan fingerprint density at radius 1 is 1.32 bits per heavy atom. The number of carbonyl (C=O) groups is 1. The molecule has 5 nitrogen and oxygen atoms in total. The highest BCUT2D eigenvalue weighted by Crippen LogP contribution is 2.51. The molecule has 19 heavy (non-hydrogen) atoms. The molecule has 1 aromatic rings. The van der Waals surface area contributed by atoms with Crippen molar-refractivity contribution in [2.24, 2.45) is 5.41 Å². The van der Waals surface area contributed by atoms with Gasteiger partial charge in [-0.3, -0.25) is 14.9 Å². The highest BCUT2D eigenvalue weighted by Gasteiger charge is 2.52. The molecule has 1 amide bonds. The molecule has 1 spiro atoms. The van der Waals surface area contributed by atoms with E-state index >= 15 is 0 Å². The van der Waals surface area contributed by atoms with E-state index in [0.29, 0.717) is 6.54 Å². The van der Waals surface area contributed by atoms with Crippen molar-refractivity contribution < 1.29 is 9.72 Å². The van der Waals surface area contributed by atoms with Gasteiger partial charge in [-0.25, -0.2) is 0 Å². The predicted molar refractivity (Wildman–Crippen MR) is 69.7 cm³/mol. The summed E-state index contributed by atoms with van der Waals surface area (Å²) in [5, 5.41) is 13.8. The van der Waals surface area contributed by atoms with Crippen LogP contribution >= 0.6 is 0 Å². The van der Waals surface area contributed by atoms with Crippen LogP contribution in [0.25, 0.3) is 0 Å². The lowest BCUT2D eigenvalue weighted by molar-refractivity contribution is -0.384. The molecule has 1 heterocycles. The summed E-state index contributed by atoms with van der Waals surface area (Å²) in [6.45, 7) is 0.597. The zero-order chi connectivity index (χ0) is 13.5. The van der Waals surface area contributed by atoms with Gasteiger partial charge in [0, 0.05) is 24.6 Å². The quantitative estimate of drug-likeness (QED) is 0.655. The topological polar surface area (TPSA) is 72.2 Å². The maximum atomic E-state index is 12.2. The van der Waals surface area contributed by atoms with Gasteiger partial charge in [0.2, 0.25) is 5.91 Å². The van der Waals surface area contributed by atoms with Crippen LogP contribution in [-0.2, 0) is 4.79 Å². The molecule has 1 unspecified atom stereocenters. The second-order valence-electron chi connectivity index (χ2n) is 5.48. The van der Waals surface area contributed by atoms with Crippen molar-refractivity contribution in [2.45, 2.75) is 31.6 Å². The Morgan fingerprint density at radius 2 is 2.05 bits per heavy atom. The molecule has 5 heteroatoms. The second-order valence-corrected chi connectivity index (χ2v) is 5.48. The van der Waals surface area contributed by atoms with Gasteiger partial charge >= 0.3 is 0 Å². The molecule has 0 bridgehead atoms. The van der Waals surface area contributed by atoms with E-state index in [4.69, 9.17) is 0 Å². The number of hydrogen-bond acceptors (Lipinski definition) is 3. The number of benzene rings is 1. The average molecular weight is 260 g/mol. The first kappa shape index (κ1) is 12.1. The van der Waals surface area contributed by atoms with E-state index in [9.17, 15) is 14.9 Å². The van der Waals surface area contributed by atoms with Crippen LogP contribution in [0.2, 0.25) is 0 Å². The molecule has 0 aromatic heterocycles. The minimum Gasteiger partial charge on any atom is -0.355 e. The minimum absolute atomic E-state index is 0.0717. The highest BCUT2D eigenvalue weighted by atomic mass is 16.6. The molecule has 2 fully saturated rings. The number of rotatable bonds is 2. The van der Waals surface area contributed by atoms with Gasteiger partial charge in [-0.15, -0.1) is 0 Å². The summed E-state index contributed by atoms with van der Waals surface area (Å²) in [5.41, 5.74) is 0.689. The van der Waals surface area contributed by atoms with Gasteiger partial charge < -0.3 is 5.32 Å². The molecule has 1 aliphatic carbocycles. The lowest BCUT2D eigenvalue weighted by Gasteiger charge is -2.27. The first-order chi connectivity index (χ1) is 9.13. The number of nitro groups is 1. The Kier molecular flexibility index (Phi) is 2.77. The zero-order valence-electron chi connectivity index (χ0n) is 10.6. The fraction of sp³-hybridized carbons (Fsp3) is 0.500. The Morgan fingerprint density at radius 3 is 2.74 bits per heavy atom. The largest absolute Gasteiger partial charge is 0.355 e. The summed E-state index contributed by atoms with van der Waals surface area (Å²) in [4.78, 5) is 22.6. The van der Waals surface area contributed by atoms with E-state index in [1.54, 1.807) is 12.1 Å². The molecule has 0 radical (unpaired) electrons. The van der Waals surface area contributed by atoms with E-state index < -0.39 is 0 Å². The molecular weight excluding hydrogens is 244 g/mol. The number of nitro benzene ring substituents is 1. The lowest BCUT2D eigenvalue weighted by Crippen LogP contribution is -2.31. The Hall–Kier alpha value is -1.91. The number of hydrogen-bond donors (Lipinski definition) is 1. The molecule has 3 rings (SSSR count). The summed E-state index contributed by atoms with van der Waals surface area (Å²) >= 11 is 0. The Balaban J connectivity index is 1.99. The molecule has 1 atom stereocenters. The zero-order valence-corrected chi connectivity index (χ0v) is 10.6. The van der Waals surface area contributed by atoms with Crippen LogP contribution in [0.3, 0.4) is 0 Å². The summed E-state index contributed by atoms with van der Waals surface area (Å²) < 4.78 is 0. The third-order valence-electron chi connectivity index (χ3n) is 4.57. The van der Waals surface area contributed by atoms with Crippen molar-refractivity contribution in [3.63, 3.8) is 0 Å². The SMILES string of the molecule is O=C1NCC(c2cccc([N+](=O)[O-])c2)C12CCCC2. The van der Waals surface area contributed by atoms with Crippen LogP contribution in [0.5, 0.6) is 0 Å². The molecule has 1 aliphatic heterocycles. The van der Waals surface area contributed by atoms with Crippen molar-refractivity contribution in [1.82, 2.24) is 5.32 Å². The molecule has 2 aliphatic rings. The predicted octanol–water partition coefficient (Wildman–Crippen LogP) is 2.37. The molecule has 100 valence electrons. The fourth-order valence-corrected chi connectivity index (χ4v) is 3.60. The van der Waals surface area contributed by atoms with Crippen LogP contribution in [-0.4, -0.2) is 17.4 Å². The molecule has 1 N–H and O–H groups in total. The van der Waals surface area contributed by atoms with Crippen LogP contribution in [0.4, 0.5) is 5.69 Å². The van der Waals surface area contributed by atoms with Crippen LogP contribution in [0.1, 0.15) is 37.2 Å². The maximum Gasteiger partial charge on any atom is 0.269 e. The van der Waals surface area contributed by atoms with Gasteiger partial charge in [-0.1, -0.05) is 25.0 Å². The number of nitrogens with one attached hydrogen (secondary N) is 1. The number of carbonyl (C=O) groups excluding carboxylic acids is 1.